The summed E-state index contributed by atoms with van der Waals surface area (Å²) in [7, 11) is 1.54. The molecule has 6 nitrogen and oxygen atoms in total. The predicted octanol–water partition coefficient (Wildman–Crippen LogP) is 2.97. The van der Waals surface area contributed by atoms with Crippen LogP contribution in [0.3, 0.4) is 0 Å². The summed E-state index contributed by atoms with van der Waals surface area (Å²) in [6.45, 7) is 2.89. The van der Waals surface area contributed by atoms with E-state index in [0.29, 0.717) is 28.8 Å². The molecular weight excluding hydrogens is 268 g/mol. The Morgan fingerprint density at radius 3 is 2.76 bits per heavy atom. The molecule has 0 amide bonds. The van der Waals surface area contributed by atoms with Crippen LogP contribution in [0.4, 0.5) is 5.82 Å². The van der Waals surface area contributed by atoms with Crippen molar-refractivity contribution in [1.29, 1.82) is 5.26 Å². The van der Waals surface area contributed by atoms with Crippen molar-refractivity contribution in [1.82, 2.24) is 9.97 Å². The van der Waals surface area contributed by atoms with E-state index >= 15 is 0 Å². The van der Waals surface area contributed by atoms with E-state index in [1.165, 1.54) is 13.3 Å². The zero-order valence-electron chi connectivity index (χ0n) is 12.0. The first-order valence-corrected chi connectivity index (χ1v) is 6.58. The second-order valence-electron chi connectivity index (χ2n) is 4.28. The molecule has 108 valence electrons. The molecule has 0 saturated carbocycles. The molecule has 0 aliphatic carbocycles. The van der Waals surface area contributed by atoms with Crippen molar-refractivity contribution in [3.63, 3.8) is 0 Å². The lowest BCUT2D eigenvalue weighted by molar-refractivity contribution is 0.407. The molecule has 0 aliphatic rings. The second-order valence-corrected chi connectivity index (χ2v) is 4.28. The van der Waals surface area contributed by atoms with E-state index in [2.05, 4.69) is 28.3 Å². The van der Waals surface area contributed by atoms with Crippen LogP contribution in [0.15, 0.2) is 30.6 Å². The lowest BCUT2D eigenvalue weighted by Crippen LogP contribution is -2.03. The van der Waals surface area contributed by atoms with Crippen molar-refractivity contribution in [3.05, 3.63) is 36.2 Å². The number of methoxy groups -OCH3 is 1. The van der Waals surface area contributed by atoms with E-state index in [9.17, 15) is 0 Å². The first-order chi connectivity index (χ1) is 10.2. The van der Waals surface area contributed by atoms with Gasteiger partial charge in [-0.15, -0.1) is 0 Å². The molecule has 2 rings (SSSR count). The van der Waals surface area contributed by atoms with Crippen LogP contribution >= 0.6 is 0 Å². The summed E-state index contributed by atoms with van der Waals surface area (Å²) < 4.78 is 10.8. The van der Waals surface area contributed by atoms with Gasteiger partial charge >= 0.3 is 0 Å². The van der Waals surface area contributed by atoms with Gasteiger partial charge in [-0.1, -0.05) is 6.92 Å². The Balaban J connectivity index is 2.19. The lowest BCUT2D eigenvalue weighted by Gasteiger charge is -2.09. The molecule has 0 spiro atoms. The lowest BCUT2D eigenvalue weighted by atomic mass is 10.2. The van der Waals surface area contributed by atoms with Crippen LogP contribution in [0.25, 0.3) is 0 Å². The van der Waals surface area contributed by atoms with Gasteiger partial charge in [0, 0.05) is 12.6 Å². The maximum absolute atomic E-state index is 8.99. The number of benzene rings is 1. The van der Waals surface area contributed by atoms with Crippen LogP contribution in [0, 0.1) is 11.3 Å². The summed E-state index contributed by atoms with van der Waals surface area (Å²) in [4.78, 5) is 8.37. The smallest absolute Gasteiger partial charge is 0.239 e. The molecule has 0 unspecified atom stereocenters. The monoisotopic (exact) mass is 284 g/mol. The molecule has 1 heterocycles. The molecule has 0 bridgehead atoms. The number of nitrogens with one attached hydrogen (secondary N) is 1. The van der Waals surface area contributed by atoms with Gasteiger partial charge < -0.3 is 14.8 Å². The van der Waals surface area contributed by atoms with Gasteiger partial charge in [-0.2, -0.15) is 10.2 Å². The summed E-state index contributed by atoms with van der Waals surface area (Å²) in [6.07, 6.45) is 4.14. The van der Waals surface area contributed by atoms with Crippen molar-refractivity contribution in [3.8, 4) is 23.4 Å². The molecule has 2 aromatic rings. The van der Waals surface area contributed by atoms with E-state index < -0.39 is 0 Å². The molecule has 0 aliphatic heterocycles. The number of nitriles is 1. The third-order valence-corrected chi connectivity index (χ3v) is 2.64. The second kappa shape index (κ2) is 7.10. The highest BCUT2D eigenvalue weighted by Gasteiger charge is 2.05. The third kappa shape index (κ3) is 4.08. The van der Waals surface area contributed by atoms with Gasteiger partial charge in [0.25, 0.3) is 0 Å². The molecular formula is C15H16N4O2. The Labute approximate surface area is 123 Å². The average molecular weight is 284 g/mol. The molecule has 21 heavy (non-hydrogen) atoms. The largest absolute Gasteiger partial charge is 0.497 e. The van der Waals surface area contributed by atoms with Gasteiger partial charge in [-0.25, -0.2) is 0 Å². The minimum atomic E-state index is 0.355. The maximum atomic E-state index is 8.99. The van der Waals surface area contributed by atoms with Gasteiger partial charge in [0.2, 0.25) is 5.88 Å². The zero-order chi connectivity index (χ0) is 15.1. The Morgan fingerprint density at radius 2 is 2.05 bits per heavy atom. The minimum Gasteiger partial charge on any atom is -0.497 e. The highest BCUT2D eigenvalue weighted by Crippen LogP contribution is 2.26. The summed E-state index contributed by atoms with van der Waals surface area (Å²) in [5.74, 6) is 2.04. The van der Waals surface area contributed by atoms with Crippen molar-refractivity contribution < 1.29 is 9.47 Å². The number of hydrogen-bond donors (Lipinski definition) is 1. The molecule has 0 radical (unpaired) electrons. The Morgan fingerprint density at radius 1 is 1.24 bits per heavy atom. The fraction of sp³-hybridized carbons (Fsp3) is 0.267. The molecule has 0 saturated heterocycles. The number of hydrogen-bond acceptors (Lipinski definition) is 6. The predicted molar refractivity (Wildman–Crippen MR) is 78.6 cm³/mol. The number of ether oxygens (including phenoxy) is 2. The van der Waals surface area contributed by atoms with E-state index in [4.69, 9.17) is 14.7 Å². The van der Waals surface area contributed by atoms with E-state index in [0.717, 1.165) is 13.0 Å². The highest BCUT2D eigenvalue weighted by atomic mass is 16.5. The van der Waals surface area contributed by atoms with Gasteiger partial charge in [-0.3, -0.25) is 4.98 Å². The quantitative estimate of drug-likeness (QED) is 0.878. The summed E-state index contributed by atoms with van der Waals surface area (Å²) in [5, 5.41) is 12.1. The van der Waals surface area contributed by atoms with Crippen molar-refractivity contribution >= 4 is 5.82 Å². The van der Waals surface area contributed by atoms with E-state index in [1.54, 1.807) is 24.4 Å². The van der Waals surface area contributed by atoms with Crippen LogP contribution in [0.2, 0.25) is 0 Å². The summed E-state index contributed by atoms with van der Waals surface area (Å²) in [5.41, 5.74) is 0.456. The highest BCUT2D eigenvalue weighted by molar-refractivity contribution is 5.45. The Bertz CT molecular complexity index is 652. The van der Waals surface area contributed by atoms with E-state index in [-0.39, 0.29) is 0 Å². The first-order valence-electron chi connectivity index (χ1n) is 6.58. The molecule has 1 aromatic heterocycles. The van der Waals surface area contributed by atoms with Gasteiger partial charge in [0.15, 0.2) is 0 Å². The van der Waals surface area contributed by atoms with Crippen LogP contribution < -0.4 is 14.8 Å². The fourth-order valence-electron chi connectivity index (χ4n) is 1.67. The Hall–Kier alpha value is -2.81. The molecule has 6 heteroatoms. The number of nitrogens with zero attached hydrogens (tertiary/aromatic N) is 3. The first kappa shape index (κ1) is 14.6. The molecule has 1 N–H and O–H groups in total. The normalized spacial score (nSPS) is 9.76. The summed E-state index contributed by atoms with van der Waals surface area (Å²) >= 11 is 0. The number of anilines is 1. The Kier molecular flexibility index (Phi) is 4.94. The third-order valence-electron chi connectivity index (χ3n) is 2.64. The van der Waals surface area contributed by atoms with Crippen molar-refractivity contribution in [2.45, 2.75) is 13.3 Å². The standard InChI is InChI=1S/C15H16N4O2/c1-3-4-18-14-9-17-10-15(19-14)21-13-6-11(8-16)5-12(7-13)20-2/h5-7,9-10H,3-4H2,1-2H3,(H,18,19). The van der Waals surface area contributed by atoms with Crippen LogP contribution in [0.5, 0.6) is 17.4 Å². The van der Waals surface area contributed by atoms with Crippen molar-refractivity contribution in [2.75, 3.05) is 19.0 Å². The number of aromatic nitrogens is 2. The maximum Gasteiger partial charge on any atom is 0.239 e. The van der Waals surface area contributed by atoms with Crippen molar-refractivity contribution in [2.24, 2.45) is 0 Å². The molecule has 0 fully saturated rings. The van der Waals surface area contributed by atoms with Crippen LogP contribution in [0.1, 0.15) is 18.9 Å². The average Bonchev–Trinajstić information content (AvgIpc) is 2.52. The summed E-state index contributed by atoms with van der Waals surface area (Å²) in [6, 6.07) is 7.01. The van der Waals surface area contributed by atoms with E-state index in [1.807, 2.05) is 0 Å². The van der Waals surface area contributed by atoms with Gasteiger partial charge in [0.1, 0.15) is 17.3 Å². The minimum absolute atomic E-state index is 0.355. The zero-order valence-corrected chi connectivity index (χ0v) is 12.0. The van der Waals surface area contributed by atoms with Gasteiger partial charge in [-0.05, 0) is 18.6 Å². The van der Waals surface area contributed by atoms with Crippen LogP contribution in [-0.4, -0.2) is 23.6 Å². The SMILES string of the molecule is CCCNc1cncc(Oc2cc(C#N)cc(OC)c2)n1. The van der Waals surface area contributed by atoms with Crippen LogP contribution in [-0.2, 0) is 0 Å². The topological polar surface area (TPSA) is 80.1 Å². The number of rotatable bonds is 6. The molecule has 0 atom stereocenters. The molecule has 1 aromatic carbocycles. The van der Waals surface area contributed by atoms with Gasteiger partial charge in [0.05, 0.1) is 31.1 Å². The fourth-order valence-corrected chi connectivity index (χ4v) is 1.67.